The zero-order chi connectivity index (χ0) is 13.0. The molecule has 0 aliphatic carbocycles. The maximum Gasteiger partial charge on any atom is 0.573 e. The number of hydrogen-bond donors (Lipinski definition) is 0. The third-order valence-corrected chi connectivity index (χ3v) is 2.61. The van der Waals surface area contributed by atoms with Crippen LogP contribution in [0, 0.1) is 5.92 Å². The summed E-state index contributed by atoms with van der Waals surface area (Å²) < 4.78 is 45.3. The van der Waals surface area contributed by atoms with Crippen molar-refractivity contribution >= 4 is 0 Å². The summed E-state index contributed by atoms with van der Waals surface area (Å²) >= 11 is 0. The average Bonchev–Trinajstić information content (AvgIpc) is 2.77. The van der Waals surface area contributed by atoms with Crippen molar-refractivity contribution in [3.8, 4) is 11.5 Å². The molecule has 1 aliphatic heterocycles. The van der Waals surface area contributed by atoms with Crippen LogP contribution in [0.3, 0.4) is 0 Å². The van der Waals surface area contributed by atoms with Crippen LogP contribution in [-0.2, 0) is 0 Å². The summed E-state index contributed by atoms with van der Waals surface area (Å²) in [6.45, 7) is 2.07. The third kappa shape index (κ3) is 4.10. The van der Waals surface area contributed by atoms with Gasteiger partial charge in [0.1, 0.15) is 11.5 Å². The van der Waals surface area contributed by atoms with Crippen LogP contribution in [0.25, 0.3) is 0 Å². The fourth-order valence-corrected chi connectivity index (χ4v) is 1.75. The number of benzene rings is 1. The van der Waals surface area contributed by atoms with E-state index >= 15 is 0 Å². The van der Waals surface area contributed by atoms with Gasteiger partial charge in [-0.25, -0.2) is 5.32 Å². The highest BCUT2D eigenvalue weighted by Gasteiger charge is 2.31. The molecule has 1 saturated heterocycles. The van der Waals surface area contributed by atoms with Gasteiger partial charge in [0, 0.05) is 25.1 Å². The molecule has 0 aromatic heterocycles. The maximum atomic E-state index is 12.0. The summed E-state index contributed by atoms with van der Waals surface area (Å²) in [5, 5.41) is 4.19. The first-order valence-corrected chi connectivity index (χ1v) is 5.65. The monoisotopic (exact) mass is 260 g/mol. The third-order valence-electron chi connectivity index (χ3n) is 2.61. The van der Waals surface area contributed by atoms with Gasteiger partial charge in [0.2, 0.25) is 0 Å². The molecule has 1 unspecified atom stereocenters. The van der Waals surface area contributed by atoms with E-state index in [0.717, 1.165) is 19.5 Å². The summed E-state index contributed by atoms with van der Waals surface area (Å²) in [6, 6.07) is 5.55. The Hall–Kier alpha value is -1.43. The second-order valence-electron chi connectivity index (χ2n) is 4.12. The number of rotatable bonds is 4. The molecule has 1 atom stereocenters. The van der Waals surface area contributed by atoms with E-state index in [0.29, 0.717) is 18.3 Å². The Morgan fingerprint density at radius 1 is 1.28 bits per heavy atom. The van der Waals surface area contributed by atoms with Crippen molar-refractivity contribution in [3.05, 3.63) is 24.3 Å². The molecule has 1 fully saturated rings. The van der Waals surface area contributed by atoms with Gasteiger partial charge in [-0.1, -0.05) is 6.07 Å². The first kappa shape index (κ1) is 13.0. The van der Waals surface area contributed by atoms with Gasteiger partial charge >= 0.3 is 6.36 Å². The van der Waals surface area contributed by atoms with Crippen LogP contribution < -0.4 is 14.8 Å². The number of ether oxygens (including phenoxy) is 2. The van der Waals surface area contributed by atoms with Crippen LogP contribution in [0.2, 0.25) is 0 Å². The quantitative estimate of drug-likeness (QED) is 0.833. The maximum absolute atomic E-state index is 12.0. The van der Waals surface area contributed by atoms with Gasteiger partial charge in [0.25, 0.3) is 0 Å². The van der Waals surface area contributed by atoms with Crippen molar-refractivity contribution in [1.29, 1.82) is 0 Å². The highest BCUT2D eigenvalue weighted by molar-refractivity contribution is 5.33. The highest BCUT2D eigenvalue weighted by Crippen LogP contribution is 2.26. The minimum atomic E-state index is -4.68. The zero-order valence-electron chi connectivity index (χ0n) is 9.61. The van der Waals surface area contributed by atoms with E-state index in [1.165, 1.54) is 18.2 Å². The first-order chi connectivity index (χ1) is 8.53. The smallest absolute Gasteiger partial charge is 0.493 e. The lowest BCUT2D eigenvalue weighted by atomic mass is 10.1. The van der Waals surface area contributed by atoms with E-state index in [-0.39, 0.29) is 5.75 Å². The Kier molecular flexibility index (Phi) is 3.96. The summed E-state index contributed by atoms with van der Waals surface area (Å²) in [7, 11) is 0. The molecule has 1 aromatic rings. The molecule has 6 heteroatoms. The predicted molar refractivity (Wildman–Crippen MR) is 58.6 cm³/mol. The molecule has 0 spiro atoms. The van der Waals surface area contributed by atoms with Crippen molar-refractivity contribution in [2.45, 2.75) is 12.8 Å². The topological polar surface area (TPSA) is 32.6 Å². The molecule has 1 heterocycles. The molecule has 0 amide bonds. The molecule has 1 aliphatic rings. The number of hydrogen-bond acceptors (Lipinski definition) is 2. The Bertz CT molecular complexity index is 389. The molecule has 0 bridgehead atoms. The predicted octanol–water partition coefficient (Wildman–Crippen LogP) is 2.59. The Morgan fingerprint density at radius 3 is 2.72 bits per heavy atom. The molecule has 1 radical (unpaired) electrons. The number of alkyl halides is 3. The van der Waals surface area contributed by atoms with E-state index in [2.05, 4.69) is 10.1 Å². The summed E-state index contributed by atoms with van der Waals surface area (Å²) in [5.74, 6) is 0.469. The second-order valence-corrected chi connectivity index (χ2v) is 4.12. The largest absolute Gasteiger partial charge is 0.573 e. The average molecular weight is 260 g/mol. The van der Waals surface area contributed by atoms with E-state index in [1.807, 2.05) is 0 Å². The van der Waals surface area contributed by atoms with Crippen molar-refractivity contribution in [1.82, 2.24) is 5.32 Å². The lowest BCUT2D eigenvalue weighted by Gasteiger charge is -2.12. The lowest BCUT2D eigenvalue weighted by molar-refractivity contribution is -0.274. The summed E-state index contributed by atoms with van der Waals surface area (Å²) in [6.07, 6.45) is -3.71. The van der Waals surface area contributed by atoms with E-state index in [4.69, 9.17) is 4.74 Å². The molecule has 99 valence electrons. The Balaban J connectivity index is 1.90. The zero-order valence-corrected chi connectivity index (χ0v) is 9.61. The van der Waals surface area contributed by atoms with Crippen molar-refractivity contribution in [2.75, 3.05) is 19.7 Å². The summed E-state index contributed by atoms with van der Waals surface area (Å²) in [5.41, 5.74) is 0. The first-order valence-electron chi connectivity index (χ1n) is 5.65. The van der Waals surface area contributed by atoms with Gasteiger partial charge in [-0.2, -0.15) is 0 Å². The summed E-state index contributed by atoms with van der Waals surface area (Å²) in [4.78, 5) is 0. The minimum Gasteiger partial charge on any atom is -0.493 e. The molecule has 2 rings (SSSR count). The van der Waals surface area contributed by atoms with Crippen molar-refractivity contribution < 1.29 is 22.6 Å². The molecule has 1 aromatic carbocycles. The number of nitrogens with zero attached hydrogens (tertiary/aromatic N) is 1. The van der Waals surface area contributed by atoms with Crippen LogP contribution in [0.1, 0.15) is 6.42 Å². The SMILES string of the molecule is FC(F)(F)Oc1cccc(OCC2CC[N]C2)c1. The van der Waals surface area contributed by atoms with Gasteiger partial charge in [-0.3, -0.25) is 0 Å². The molecule has 0 saturated carbocycles. The van der Waals surface area contributed by atoms with Gasteiger partial charge in [-0.15, -0.1) is 13.2 Å². The fraction of sp³-hybridized carbons (Fsp3) is 0.500. The van der Waals surface area contributed by atoms with Crippen LogP contribution in [0.15, 0.2) is 24.3 Å². The van der Waals surface area contributed by atoms with Gasteiger partial charge in [0.15, 0.2) is 0 Å². The van der Waals surface area contributed by atoms with Crippen LogP contribution in [0.4, 0.5) is 13.2 Å². The van der Waals surface area contributed by atoms with E-state index in [1.54, 1.807) is 6.07 Å². The van der Waals surface area contributed by atoms with E-state index in [9.17, 15) is 13.2 Å². The molecular formula is C12H13F3NO2. The van der Waals surface area contributed by atoms with Crippen LogP contribution >= 0.6 is 0 Å². The van der Waals surface area contributed by atoms with Crippen molar-refractivity contribution in [2.24, 2.45) is 5.92 Å². The number of halogens is 3. The minimum absolute atomic E-state index is 0.267. The Morgan fingerprint density at radius 2 is 2.06 bits per heavy atom. The lowest BCUT2D eigenvalue weighted by Crippen LogP contribution is -2.17. The molecule has 3 nitrogen and oxygen atoms in total. The second kappa shape index (κ2) is 5.48. The van der Waals surface area contributed by atoms with Gasteiger partial charge < -0.3 is 9.47 Å². The van der Waals surface area contributed by atoms with Gasteiger partial charge in [0.05, 0.1) is 6.61 Å². The normalized spacial score (nSPS) is 19.8. The van der Waals surface area contributed by atoms with Gasteiger partial charge in [-0.05, 0) is 18.6 Å². The fourth-order valence-electron chi connectivity index (χ4n) is 1.75. The van der Waals surface area contributed by atoms with E-state index < -0.39 is 6.36 Å². The standard InChI is InChI=1S/C12H13F3NO2/c13-12(14,15)18-11-3-1-2-10(6-11)17-8-9-4-5-16-7-9/h1-3,6,9H,4-5,7-8H2. The molecule has 18 heavy (non-hydrogen) atoms. The van der Waals surface area contributed by atoms with Crippen LogP contribution in [0.5, 0.6) is 11.5 Å². The molecule has 0 N–H and O–H groups in total. The Labute approximate surface area is 103 Å². The van der Waals surface area contributed by atoms with Crippen LogP contribution in [-0.4, -0.2) is 26.1 Å². The molecular weight excluding hydrogens is 247 g/mol. The van der Waals surface area contributed by atoms with Crippen molar-refractivity contribution in [3.63, 3.8) is 0 Å². The highest BCUT2D eigenvalue weighted by atomic mass is 19.4.